The van der Waals surface area contributed by atoms with Gasteiger partial charge in [0.25, 0.3) is 0 Å². The summed E-state index contributed by atoms with van der Waals surface area (Å²) in [5.74, 6) is 0.766. The molecule has 1 aliphatic rings. The smallest absolute Gasteiger partial charge is 0.410 e. The zero-order valence-electron chi connectivity index (χ0n) is 14.0. The maximum absolute atomic E-state index is 12.1. The standard InChI is InChI=1S/C18H24N2O4/c1-3-12-24-18(22)20-10-8-15(9-11-20)19-17(21)13-14-4-6-16(23-2)7-5-14/h3-7,15H,1,8-13H2,2H3,(H,19,21). The van der Waals surface area contributed by atoms with Crippen LogP contribution in [0.15, 0.2) is 36.9 Å². The molecule has 1 N–H and O–H groups in total. The van der Waals surface area contributed by atoms with E-state index in [1.54, 1.807) is 18.1 Å². The molecule has 0 aromatic heterocycles. The third-order valence-corrected chi connectivity index (χ3v) is 3.97. The molecule has 2 rings (SSSR count). The zero-order chi connectivity index (χ0) is 17.4. The fourth-order valence-electron chi connectivity index (χ4n) is 2.64. The van der Waals surface area contributed by atoms with E-state index in [4.69, 9.17) is 9.47 Å². The Bertz CT molecular complexity index is 563. The summed E-state index contributed by atoms with van der Waals surface area (Å²) < 4.78 is 10.1. The molecule has 1 saturated heterocycles. The Kier molecular flexibility index (Phi) is 6.66. The van der Waals surface area contributed by atoms with Gasteiger partial charge in [-0.15, -0.1) is 0 Å². The van der Waals surface area contributed by atoms with Crippen molar-refractivity contribution in [2.75, 3.05) is 26.8 Å². The molecule has 130 valence electrons. The van der Waals surface area contributed by atoms with Crippen LogP contribution in [0.1, 0.15) is 18.4 Å². The first-order valence-electron chi connectivity index (χ1n) is 8.07. The van der Waals surface area contributed by atoms with Gasteiger partial charge in [0.15, 0.2) is 0 Å². The largest absolute Gasteiger partial charge is 0.497 e. The highest BCUT2D eigenvalue weighted by molar-refractivity contribution is 5.79. The average molecular weight is 332 g/mol. The van der Waals surface area contributed by atoms with Gasteiger partial charge >= 0.3 is 6.09 Å². The molecule has 0 aliphatic carbocycles. The molecule has 0 spiro atoms. The summed E-state index contributed by atoms with van der Waals surface area (Å²) in [5, 5.41) is 3.03. The van der Waals surface area contributed by atoms with Crippen molar-refractivity contribution in [3.63, 3.8) is 0 Å². The molecule has 1 aromatic rings. The van der Waals surface area contributed by atoms with Crippen LogP contribution in [-0.2, 0) is 16.0 Å². The Labute approximate surface area is 142 Å². The van der Waals surface area contributed by atoms with Gasteiger partial charge in [0.05, 0.1) is 13.5 Å². The normalized spacial score (nSPS) is 14.8. The molecule has 0 saturated carbocycles. The third kappa shape index (κ3) is 5.30. The predicted octanol–water partition coefficient (Wildman–Crippen LogP) is 2.14. The zero-order valence-corrected chi connectivity index (χ0v) is 14.0. The van der Waals surface area contributed by atoms with Gasteiger partial charge in [0.2, 0.25) is 5.91 Å². The Morgan fingerprint density at radius 2 is 1.96 bits per heavy atom. The third-order valence-electron chi connectivity index (χ3n) is 3.97. The Hall–Kier alpha value is -2.50. The second kappa shape index (κ2) is 8.96. The molecular formula is C18H24N2O4. The Balaban J connectivity index is 1.73. The van der Waals surface area contributed by atoms with Gasteiger partial charge in [0, 0.05) is 19.1 Å². The minimum Gasteiger partial charge on any atom is -0.497 e. The second-order valence-corrected chi connectivity index (χ2v) is 5.72. The average Bonchev–Trinajstić information content (AvgIpc) is 2.61. The number of nitrogens with one attached hydrogen (secondary N) is 1. The fourth-order valence-corrected chi connectivity index (χ4v) is 2.64. The molecule has 6 heteroatoms. The van der Waals surface area contributed by atoms with E-state index < -0.39 is 0 Å². The monoisotopic (exact) mass is 332 g/mol. The number of methoxy groups -OCH3 is 1. The number of carbonyl (C=O) groups is 2. The molecule has 1 fully saturated rings. The maximum atomic E-state index is 12.1. The minimum atomic E-state index is -0.321. The van der Waals surface area contributed by atoms with Crippen molar-refractivity contribution in [2.45, 2.75) is 25.3 Å². The molecule has 1 aliphatic heterocycles. The molecule has 0 unspecified atom stereocenters. The van der Waals surface area contributed by atoms with Crippen molar-refractivity contribution in [1.29, 1.82) is 0 Å². The van der Waals surface area contributed by atoms with Crippen molar-refractivity contribution in [1.82, 2.24) is 10.2 Å². The Morgan fingerprint density at radius 1 is 1.29 bits per heavy atom. The second-order valence-electron chi connectivity index (χ2n) is 5.72. The van der Waals surface area contributed by atoms with Crippen molar-refractivity contribution < 1.29 is 19.1 Å². The van der Waals surface area contributed by atoms with Gasteiger partial charge in [-0.1, -0.05) is 24.8 Å². The number of hydrogen-bond acceptors (Lipinski definition) is 4. The summed E-state index contributed by atoms with van der Waals surface area (Å²) in [5.41, 5.74) is 0.943. The lowest BCUT2D eigenvalue weighted by atomic mass is 10.0. The van der Waals surface area contributed by atoms with Crippen molar-refractivity contribution >= 4 is 12.0 Å². The van der Waals surface area contributed by atoms with Crippen molar-refractivity contribution in [3.05, 3.63) is 42.5 Å². The van der Waals surface area contributed by atoms with Crippen LogP contribution in [0.2, 0.25) is 0 Å². The van der Waals surface area contributed by atoms with Gasteiger partial charge < -0.3 is 19.7 Å². The van der Waals surface area contributed by atoms with Crippen molar-refractivity contribution in [2.24, 2.45) is 0 Å². The maximum Gasteiger partial charge on any atom is 0.410 e. The number of piperidine rings is 1. The summed E-state index contributed by atoms with van der Waals surface area (Å²) in [6, 6.07) is 7.55. The number of benzene rings is 1. The van der Waals surface area contributed by atoms with Crippen LogP contribution in [0.25, 0.3) is 0 Å². The predicted molar refractivity (Wildman–Crippen MR) is 91.0 cm³/mol. The molecule has 2 amide bonds. The molecule has 0 radical (unpaired) electrons. The molecule has 1 heterocycles. The van der Waals surface area contributed by atoms with E-state index in [9.17, 15) is 9.59 Å². The summed E-state index contributed by atoms with van der Waals surface area (Å²) in [4.78, 5) is 25.5. The summed E-state index contributed by atoms with van der Waals surface area (Å²) in [6.45, 7) is 4.91. The molecule has 24 heavy (non-hydrogen) atoms. The summed E-state index contributed by atoms with van der Waals surface area (Å²) >= 11 is 0. The Morgan fingerprint density at radius 3 is 2.54 bits per heavy atom. The van der Waals surface area contributed by atoms with Crippen LogP contribution < -0.4 is 10.1 Å². The van der Waals surface area contributed by atoms with E-state index in [0.29, 0.717) is 19.5 Å². The number of rotatable bonds is 6. The SMILES string of the molecule is C=CCOC(=O)N1CCC(NC(=O)Cc2ccc(OC)cc2)CC1. The van der Waals surface area contributed by atoms with Crippen LogP contribution in [0.4, 0.5) is 4.79 Å². The lowest BCUT2D eigenvalue weighted by Crippen LogP contribution is -2.47. The van der Waals surface area contributed by atoms with E-state index in [0.717, 1.165) is 24.2 Å². The molecular weight excluding hydrogens is 308 g/mol. The van der Waals surface area contributed by atoms with Gasteiger partial charge in [-0.2, -0.15) is 0 Å². The topological polar surface area (TPSA) is 67.9 Å². The van der Waals surface area contributed by atoms with Gasteiger partial charge in [-0.05, 0) is 30.5 Å². The highest BCUT2D eigenvalue weighted by Crippen LogP contribution is 2.14. The first-order chi connectivity index (χ1) is 11.6. The highest BCUT2D eigenvalue weighted by atomic mass is 16.6. The van der Waals surface area contributed by atoms with Gasteiger partial charge in [0.1, 0.15) is 12.4 Å². The van der Waals surface area contributed by atoms with Gasteiger partial charge in [-0.3, -0.25) is 4.79 Å². The highest BCUT2D eigenvalue weighted by Gasteiger charge is 2.24. The quantitative estimate of drug-likeness (QED) is 0.811. The molecule has 1 aromatic carbocycles. The summed E-state index contributed by atoms with van der Waals surface area (Å²) in [6.07, 6.45) is 3.03. The number of carbonyl (C=O) groups excluding carboxylic acids is 2. The van der Waals surface area contributed by atoms with Crippen LogP contribution >= 0.6 is 0 Å². The van der Waals surface area contributed by atoms with E-state index in [2.05, 4.69) is 11.9 Å². The number of nitrogens with zero attached hydrogens (tertiary/aromatic N) is 1. The van der Waals surface area contributed by atoms with Crippen molar-refractivity contribution in [3.8, 4) is 5.75 Å². The lowest BCUT2D eigenvalue weighted by Gasteiger charge is -2.31. The molecule has 6 nitrogen and oxygen atoms in total. The fraction of sp³-hybridized carbons (Fsp3) is 0.444. The van der Waals surface area contributed by atoms with E-state index in [1.165, 1.54) is 0 Å². The minimum absolute atomic E-state index is 0.00662. The van der Waals surface area contributed by atoms with Crippen LogP contribution in [-0.4, -0.2) is 49.7 Å². The molecule has 0 atom stereocenters. The van der Waals surface area contributed by atoms with Crippen LogP contribution in [0.3, 0.4) is 0 Å². The lowest BCUT2D eigenvalue weighted by molar-refractivity contribution is -0.121. The number of ether oxygens (including phenoxy) is 2. The number of likely N-dealkylation sites (tertiary alicyclic amines) is 1. The van der Waals surface area contributed by atoms with Gasteiger partial charge in [-0.25, -0.2) is 4.79 Å². The van der Waals surface area contributed by atoms with Crippen LogP contribution in [0, 0.1) is 0 Å². The van der Waals surface area contributed by atoms with E-state index in [-0.39, 0.29) is 24.6 Å². The number of hydrogen-bond donors (Lipinski definition) is 1. The first-order valence-corrected chi connectivity index (χ1v) is 8.07. The number of amides is 2. The van der Waals surface area contributed by atoms with Crippen LogP contribution in [0.5, 0.6) is 5.75 Å². The molecule has 0 bridgehead atoms. The van der Waals surface area contributed by atoms with E-state index >= 15 is 0 Å². The summed E-state index contributed by atoms with van der Waals surface area (Å²) in [7, 11) is 1.61. The first kappa shape index (κ1) is 17.8. The van der Waals surface area contributed by atoms with E-state index in [1.807, 2.05) is 24.3 Å².